The number of Topliss-reactive ketones (excluding diaryl/α,β-unsaturated/α-hetero) is 1. The minimum absolute atomic E-state index is 0.128. The van der Waals surface area contributed by atoms with Gasteiger partial charge in [-0.25, -0.2) is 4.79 Å². The van der Waals surface area contributed by atoms with Crippen LogP contribution in [0.3, 0.4) is 0 Å². The van der Waals surface area contributed by atoms with Gasteiger partial charge in [-0.3, -0.25) is 9.59 Å². The Morgan fingerprint density at radius 1 is 1.03 bits per heavy atom. The maximum Gasteiger partial charge on any atom is 0.408 e. The van der Waals surface area contributed by atoms with Gasteiger partial charge in [0.05, 0.1) is 24.1 Å². The Labute approximate surface area is 205 Å². The molecule has 0 bridgehead atoms. The van der Waals surface area contributed by atoms with Crippen molar-refractivity contribution in [1.82, 2.24) is 15.4 Å². The van der Waals surface area contributed by atoms with Crippen molar-refractivity contribution in [1.29, 1.82) is 0 Å². The van der Waals surface area contributed by atoms with Gasteiger partial charge in [0, 0.05) is 5.56 Å². The third-order valence-corrected chi connectivity index (χ3v) is 5.30. The predicted octanol–water partition coefficient (Wildman–Crippen LogP) is 3.25. The molecule has 0 aliphatic carbocycles. The van der Waals surface area contributed by atoms with Crippen molar-refractivity contribution in [3.63, 3.8) is 0 Å². The lowest BCUT2D eigenvalue weighted by Gasteiger charge is -2.25. The van der Waals surface area contributed by atoms with Crippen LogP contribution in [0.5, 0.6) is 11.8 Å². The van der Waals surface area contributed by atoms with Gasteiger partial charge < -0.3 is 30.4 Å². The van der Waals surface area contributed by atoms with E-state index in [0.717, 1.165) is 4.73 Å². The molecule has 2 aromatic rings. The number of nitrogens with one attached hydrogen (secondary N) is 2. The maximum absolute atomic E-state index is 13.3. The van der Waals surface area contributed by atoms with E-state index in [2.05, 4.69) is 10.6 Å². The molecule has 0 saturated heterocycles. The molecule has 0 aliphatic heterocycles. The summed E-state index contributed by atoms with van der Waals surface area (Å²) in [5.74, 6) is -2.37. The molecule has 0 fully saturated rings. The van der Waals surface area contributed by atoms with Crippen molar-refractivity contribution in [2.75, 3.05) is 7.11 Å². The molecule has 4 N–H and O–H groups in total. The zero-order valence-electron chi connectivity index (χ0n) is 21.2. The third-order valence-electron chi connectivity index (χ3n) is 5.30. The minimum Gasteiger partial charge on any atom is -0.492 e. The molecule has 1 heterocycles. The van der Waals surface area contributed by atoms with Crippen molar-refractivity contribution >= 4 is 17.8 Å². The number of ketones is 1. The number of amides is 2. The van der Waals surface area contributed by atoms with Crippen LogP contribution in [0.4, 0.5) is 4.79 Å². The fraction of sp³-hybridized carbons (Fsp3) is 0.480. The van der Waals surface area contributed by atoms with E-state index in [9.17, 15) is 24.6 Å². The van der Waals surface area contributed by atoms with E-state index in [1.165, 1.54) is 14.0 Å². The Bertz CT molecular complexity index is 1060. The summed E-state index contributed by atoms with van der Waals surface area (Å²) in [6, 6.07) is 7.24. The van der Waals surface area contributed by atoms with Crippen LogP contribution in [0, 0.1) is 12.8 Å². The molecular formula is C25H35N3O7. The Kier molecular flexibility index (Phi) is 8.78. The molecule has 2 atom stereocenters. The van der Waals surface area contributed by atoms with Crippen molar-refractivity contribution < 1.29 is 34.2 Å². The Hall–Kier alpha value is -3.69. The fourth-order valence-electron chi connectivity index (χ4n) is 3.60. The Morgan fingerprint density at radius 2 is 1.63 bits per heavy atom. The molecule has 0 radical (unpaired) electrons. The summed E-state index contributed by atoms with van der Waals surface area (Å²) in [5.41, 5.74) is -0.0402. The van der Waals surface area contributed by atoms with Crippen molar-refractivity contribution in [3.05, 3.63) is 47.0 Å². The number of nitrogens with zero attached hydrogens (tertiary/aromatic N) is 1. The first kappa shape index (κ1) is 27.6. The summed E-state index contributed by atoms with van der Waals surface area (Å²) in [5, 5.41) is 26.0. The molecule has 10 nitrogen and oxygen atoms in total. The highest BCUT2D eigenvalue weighted by molar-refractivity contribution is 6.05. The molecule has 2 rings (SSSR count). The molecule has 0 unspecified atom stereocenters. The second-order valence-corrected chi connectivity index (χ2v) is 9.59. The van der Waals surface area contributed by atoms with Gasteiger partial charge in [0.1, 0.15) is 12.7 Å². The standard InChI is InChI=1S/C25H35N3O7/c1-14(2)20(21(30)19-15(3)22(31)28(34-7)23(19)32)27-18(29)13-17(16-11-9-8-10-12-16)26-24(33)35-25(4,5)6/h8-12,14,17,20,31-32H,13H2,1-7H3,(H,26,33)(H,27,29)/t17-,20-/m0/s1. The lowest BCUT2D eigenvalue weighted by molar-refractivity contribution is -0.122. The Balaban J connectivity index is 2.26. The number of rotatable bonds is 9. The van der Waals surface area contributed by atoms with Crippen molar-refractivity contribution in [2.24, 2.45) is 5.92 Å². The second kappa shape index (κ2) is 11.2. The minimum atomic E-state index is -1.00. The van der Waals surface area contributed by atoms with Crippen molar-refractivity contribution in [3.8, 4) is 11.8 Å². The Morgan fingerprint density at radius 3 is 2.11 bits per heavy atom. The molecule has 35 heavy (non-hydrogen) atoms. The molecule has 0 saturated carbocycles. The number of carbonyl (C=O) groups is 3. The number of carbonyl (C=O) groups excluding carboxylic acids is 3. The molecular weight excluding hydrogens is 454 g/mol. The van der Waals surface area contributed by atoms with Crippen LogP contribution in [0.25, 0.3) is 0 Å². The van der Waals surface area contributed by atoms with Crippen LogP contribution >= 0.6 is 0 Å². The van der Waals surface area contributed by atoms with Crippen LogP contribution in [-0.4, -0.2) is 51.5 Å². The van der Waals surface area contributed by atoms with Gasteiger partial charge in [0.15, 0.2) is 5.78 Å². The van der Waals surface area contributed by atoms with E-state index >= 15 is 0 Å². The highest BCUT2D eigenvalue weighted by Gasteiger charge is 2.34. The first-order valence-corrected chi connectivity index (χ1v) is 11.3. The summed E-state index contributed by atoms with van der Waals surface area (Å²) in [6.07, 6.45) is -0.831. The number of ether oxygens (including phenoxy) is 1. The number of hydrogen-bond donors (Lipinski definition) is 4. The van der Waals surface area contributed by atoms with Crippen molar-refractivity contribution in [2.45, 2.75) is 65.6 Å². The third kappa shape index (κ3) is 6.91. The topological polar surface area (TPSA) is 139 Å². The van der Waals surface area contributed by atoms with Gasteiger partial charge in [0.2, 0.25) is 17.7 Å². The van der Waals surface area contributed by atoms with Crippen LogP contribution in [0.15, 0.2) is 30.3 Å². The monoisotopic (exact) mass is 489 g/mol. The van der Waals surface area contributed by atoms with Crippen LogP contribution in [-0.2, 0) is 9.53 Å². The average molecular weight is 490 g/mol. The highest BCUT2D eigenvalue weighted by atomic mass is 16.7. The second-order valence-electron chi connectivity index (χ2n) is 9.59. The van der Waals surface area contributed by atoms with Gasteiger partial charge in [-0.1, -0.05) is 44.2 Å². The van der Waals surface area contributed by atoms with E-state index in [1.54, 1.807) is 58.9 Å². The van der Waals surface area contributed by atoms with Crippen LogP contribution in [0.2, 0.25) is 0 Å². The molecule has 2 amide bonds. The number of aromatic nitrogens is 1. The van der Waals surface area contributed by atoms with Gasteiger partial charge in [0.25, 0.3) is 0 Å². The largest absolute Gasteiger partial charge is 0.492 e. The normalized spacial score (nSPS) is 13.1. The van der Waals surface area contributed by atoms with E-state index in [1.807, 2.05) is 6.07 Å². The van der Waals surface area contributed by atoms with Crippen LogP contribution in [0.1, 0.15) is 68.6 Å². The smallest absolute Gasteiger partial charge is 0.408 e. The molecule has 1 aromatic heterocycles. The van der Waals surface area contributed by atoms with E-state index in [0.29, 0.717) is 5.56 Å². The summed E-state index contributed by atoms with van der Waals surface area (Å²) >= 11 is 0. The summed E-state index contributed by atoms with van der Waals surface area (Å²) < 4.78 is 6.07. The number of alkyl carbamates (subject to hydrolysis) is 1. The number of benzene rings is 1. The molecule has 192 valence electrons. The molecule has 10 heteroatoms. The quantitative estimate of drug-likeness (QED) is 0.397. The SMILES string of the molecule is COn1c(O)c(C)c(C(=O)[C@@H](NC(=O)C[C@H](NC(=O)OC(C)(C)C)c2ccccc2)C(C)C)c1O. The van der Waals surface area contributed by atoms with Gasteiger partial charge in [-0.2, -0.15) is 0 Å². The summed E-state index contributed by atoms with van der Waals surface area (Å²) in [6.45, 7) is 10.2. The molecule has 1 aromatic carbocycles. The lowest BCUT2D eigenvalue weighted by atomic mass is 9.93. The highest BCUT2D eigenvalue weighted by Crippen LogP contribution is 2.33. The maximum atomic E-state index is 13.3. The number of hydrogen-bond acceptors (Lipinski definition) is 7. The zero-order valence-corrected chi connectivity index (χ0v) is 21.2. The first-order chi connectivity index (χ1) is 16.3. The fourth-order valence-corrected chi connectivity index (χ4v) is 3.60. The van der Waals surface area contributed by atoms with E-state index < -0.39 is 47.2 Å². The van der Waals surface area contributed by atoms with Crippen LogP contribution < -0.4 is 15.5 Å². The first-order valence-electron chi connectivity index (χ1n) is 11.3. The lowest BCUT2D eigenvalue weighted by Crippen LogP contribution is -2.46. The number of aromatic hydroxyl groups is 2. The van der Waals surface area contributed by atoms with E-state index in [-0.39, 0.29) is 23.5 Å². The predicted molar refractivity (Wildman–Crippen MR) is 129 cm³/mol. The summed E-state index contributed by atoms with van der Waals surface area (Å²) in [4.78, 5) is 43.6. The van der Waals surface area contributed by atoms with Gasteiger partial charge >= 0.3 is 6.09 Å². The van der Waals surface area contributed by atoms with Gasteiger partial charge in [-0.05, 0) is 39.2 Å². The summed E-state index contributed by atoms with van der Waals surface area (Å²) in [7, 11) is 1.23. The van der Waals surface area contributed by atoms with E-state index in [4.69, 9.17) is 9.57 Å². The zero-order chi connectivity index (χ0) is 26.5. The molecule has 0 aliphatic rings. The molecule has 0 spiro atoms. The average Bonchev–Trinajstić information content (AvgIpc) is 2.97. The van der Waals surface area contributed by atoms with Gasteiger partial charge in [-0.15, -0.1) is 4.73 Å².